The third-order valence-electron chi connectivity index (χ3n) is 4.10. The zero-order valence-electron chi connectivity index (χ0n) is 14.1. The van der Waals surface area contributed by atoms with E-state index in [9.17, 15) is 0 Å². The highest BCUT2D eigenvalue weighted by molar-refractivity contribution is 5.36. The van der Waals surface area contributed by atoms with Gasteiger partial charge in [0.15, 0.2) is 0 Å². The Morgan fingerprint density at radius 2 is 2.10 bits per heavy atom. The van der Waals surface area contributed by atoms with E-state index in [0.717, 1.165) is 43.3 Å². The standard InChI is InChI=1S/C17H29N3O/c1-6-14-10-15(20-12(2)19-14)18-11-13-8-7-9-21-16(13)17(3,4)5/h10,13,16H,6-9,11H2,1-5H3,(H,18,19,20). The van der Waals surface area contributed by atoms with E-state index < -0.39 is 0 Å². The highest BCUT2D eigenvalue weighted by Crippen LogP contribution is 2.34. The Kier molecular flexibility index (Phi) is 5.20. The smallest absolute Gasteiger partial charge is 0.129 e. The summed E-state index contributed by atoms with van der Waals surface area (Å²) in [5.41, 5.74) is 1.28. The minimum Gasteiger partial charge on any atom is -0.377 e. The monoisotopic (exact) mass is 291 g/mol. The van der Waals surface area contributed by atoms with Crippen LogP contribution in [0.5, 0.6) is 0 Å². The van der Waals surface area contributed by atoms with Crippen LogP contribution in [0.4, 0.5) is 5.82 Å². The number of rotatable bonds is 4. The van der Waals surface area contributed by atoms with Gasteiger partial charge in [0.2, 0.25) is 0 Å². The number of ether oxygens (including phenoxy) is 1. The summed E-state index contributed by atoms with van der Waals surface area (Å²) in [5.74, 6) is 2.32. The van der Waals surface area contributed by atoms with Crippen molar-refractivity contribution in [3.63, 3.8) is 0 Å². The van der Waals surface area contributed by atoms with E-state index in [1.54, 1.807) is 0 Å². The lowest BCUT2D eigenvalue weighted by molar-refractivity contribution is -0.0814. The first-order chi connectivity index (χ1) is 9.90. The van der Waals surface area contributed by atoms with E-state index in [1.807, 2.05) is 6.92 Å². The molecule has 2 rings (SSSR count). The zero-order valence-corrected chi connectivity index (χ0v) is 14.1. The fourth-order valence-electron chi connectivity index (χ4n) is 3.15. The molecule has 2 atom stereocenters. The number of nitrogens with one attached hydrogen (secondary N) is 1. The van der Waals surface area contributed by atoms with Gasteiger partial charge in [-0.2, -0.15) is 0 Å². The first kappa shape index (κ1) is 16.2. The number of nitrogens with zero attached hydrogens (tertiary/aromatic N) is 2. The van der Waals surface area contributed by atoms with Gasteiger partial charge in [0.05, 0.1) is 6.10 Å². The Balaban J connectivity index is 2.02. The summed E-state index contributed by atoms with van der Waals surface area (Å²) in [6.45, 7) is 12.7. The second kappa shape index (κ2) is 6.73. The van der Waals surface area contributed by atoms with Crippen LogP contribution in [0, 0.1) is 18.3 Å². The molecule has 0 amide bonds. The Bertz CT molecular complexity index is 468. The number of anilines is 1. The molecule has 1 saturated heterocycles. The van der Waals surface area contributed by atoms with E-state index in [1.165, 1.54) is 6.42 Å². The van der Waals surface area contributed by atoms with E-state index in [2.05, 4.69) is 49.0 Å². The van der Waals surface area contributed by atoms with Crippen LogP contribution in [0.3, 0.4) is 0 Å². The van der Waals surface area contributed by atoms with E-state index >= 15 is 0 Å². The van der Waals surface area contributed by atoms with Crippen LogP contribution < -0.4 is 5.32 Å². The maximum absolute atomic E-state index is 6.04. The molecule has 0 bridgehead atoms. The van der Waals surface area contributed by atoms with Crippen molar-refractivity contribution in [2.45, 2.75) is 60.0 Å². The van der Waals surface area contributed by atoms with Crippen molar-refractivity contribution >= 4 is 5.82 Å². The van der Waals surface area contributed by atoms with Gasteiger partial charge in [-0.25, -0.2) is 9.97 Å². The van der Waals surface area contributed by atoms with Crippen molar-refractivity contribution in [1.29, 1.82) is 0 Å². The van der Waals surface area contributed by atoms with E-state index in [-0.39, 0.29) is 5.41 Å². The third kappa shape index (κ3) is 4.40. The maximum Gasteiger partial charge on any atom is 0.129 e. The van der Waals surface area contributed by atoms with Crippen LogP contribution >= 0.6 is 0 Å². The van der Waals surface area contributed by atoms with Crippen molar-refractivity contribution in [2.75, 3.05) is 18.5 Å². The second-order valence-corrected chi connectivity index (χ2v) is 7.09. The molecular formula is C17H29N3O. The average molecular weight is 291 g/mol. The Morgan fingerprint density at radius 1 is 1.33 bits per heavy atom. The molecule has 0 saturated carbocycles. The first-order valence-electron chi connectivity index (χ1n) is 8.10. The molecule has 1 fully saturated rings. The predicted octanol–water partition coefficient (Wildman–Crippen LogP) is 3.60. The Morgan fingerprint density at radius 3 is 2.76 bits per heavy atom. The van der Waals surface area contributed by atoms with Crippen molar-refractivity contribution in [3.8, 4) is 0 Å². The molecule has 118 valence electrons. The average Bonchev–Trinajstić information content (AvgIpc) is 2.44. The van der Waals surface area contributed by atoms with Crippen LogP contribution in [0.25, 0.3) is 0 Å². The summed E-state index contributed by atoms with van der Waals surface area (Å²) >= 11 is 0. The fourth-order valence-corrected chi connectivity index (χ4v) is 3.15. The summed E-state index contributed by atoms with van der Waals surface area (Å²) in [7, 11) is 0. The lowest BCUT2D eigenvalue weighted by atomic mass is 9.78. The van der Waals surface area contributed by atoms with Gasteiger partial charge < -0.3 is 10.1 Å². The first-order valence-corrected chi connectivity index (χ1v) is 8.10. The number of aryl methyl sites for hydroxylation is 2. The SMILES string of the molecule is CCc1cc(NCC2CCCOC2C(C)(C)C)nc(C)n1. The number of aromatic nitrogens is 2. The molecule has 2 heterocycles. The molecule has 2 unspecified atom stereocenters. The molecule has 4 nitrogen and oxygen atoms in total. The minimum atomic E-state index is 0.183. The summed E-state index contributed by atoms with van der Waals surface area (Å²) in [5, 5.41) is 3.50. The lowest BCUT2D eigenvalue weighted by Crippen LogP contribution is -2.42. The van der Waals surface area contributed by atoms with Gasteiger partial charge in [0.1, 0.15) is 11.6 Å². The lowest BCUT2D eigenvalue weighted by Gasteiger charge is -2.40. The minimum absolute atomic E-state index is 0.183. The van der Waals surface area contributed by atoms with E-state index in [4.69, 9.17) is 4.74 Å². The molecule has 1 aromatic heterocycles. The van der Waals surface area contributed by atoms with Gasteiger partial charge in [-0.05, 0) is 31.6 Å². The molecule has 1 aliphatic rings. The summed E-state index contributed by atoms with van der Waals surface area (Å²) in [4.78, 5) is 8.92. The van der Waals surface area contributed by atoms with Crippen LogP contribution in [-0.2, 0) is 11.2 Å². The van der Waals surface area contributed by atoms with Crippen LogP contribution in [0.2, 0.25) is 0 Å². The van der Waals surface area contributed by atoms with Gasteiger partial charge in [-0.3, -0.25) is 0 Å². The summed E-state index contributed by atoms with van der Waals surface area (Å²) in [6.07, 6.45) is 3.63. The molecular weight excluding hydrogens is 262 g/mol. The highest BCUT2D eigenvalue weighted by atomic mass is 16.5. The second-order valence-electron chi connectivity index (χ2n) is 7.09. The molecule has 1 aromatic rings. The molecule has 21 heavy (non-hydrogen) atoms. The summed E-state index contributed by atoms with van der Waals surface area (Å²) in [6, 6.07) is 2.06. The van der Waals surface area contributed by atoms with Gasteiger partial charge in [0, 0.05) is 30.8 Å². The van der Waals surface area contributed by atoms with Crippen molar-refractivity contribution in [2.24, 2.45) is 11.3 Å². The van der Waals surface area contributed by atoms with Crippen molar-refractivity contribution in [1.82, 2.24) is 9.97 Å². The fraction of sp³-hybridized carbons (Fsp3) is 0.765. The quantitative estimate of drug-likeness (QED) is 0.920. The molecule has 0 spiro atoms. The molecule has 4 heteroatoms. The van der Waals surface area contributed by atoms with Crippen molar-refractivity contribution < 1.29 is 4.74 Å². The topological polar surface area (TPSA) is 47.0 Å². The van der Waals surface area contributed by atoms with E-state index in [0.29, 0.717) is 12.0 Å². The van der Waals surface area contributed by atoms with Gasteiger partial charge >= 0.3 is 0 Å². The Hall–Kier alpha value is -1.16. The number of hydrogen-bond acceptors (Lipinski definition) is 4. The molecule has 1 aliphatic heterocycles. The van der Waals surface area contributed by atoms with Gasteiger partial charge in [-0.1, -0.05) is 27.7 Å². The van der Waals surface area contributed by atoms with Crippen LogP contribution in [-0.4, -0.2) is 29.2 Å². The zero-order chi connectivity index (χ0) is 15.5. The third-order valence-corrected chi connectivity index (χ3v) is 4.10. The molecule has 0 aliphatic carbocycles. The molecule has 1 N–H and O–H groups in total. The van der Waals surface area contributed by atoms with Crippen LogP contribution in [0.15, 0.2) is 6.07 Å². The molecule has 0 aromatic carbocycles. The molecule has 0 radical (unpaired) electrons. The van der Waals surface area contributed by atoms with Crippen molar-refractivity contribution in [3.05, 3.63) is 17.6 Å². The van der Waals surface area contributed by atoms with Crippen LogP contribution in [0.1, 0.15) is 52.1 Å². The van der Waals surface area contributed by atoms with Gasteiger partial charge in [-0.15, -0.1) is 0 Å². The normalized spacial score (nSPS) is 23.1. The van der Waals surface area contributed by atoms with Gasteiger partial charge in [0.25, 0.3) is 0 Å². The predicted molar refractivity (Wildman–Crippen MR) is 86.6 cm³/mol. The summed E-state index contributed by atoms with van der Waals surface area (Å²) < 4.78 is 6.04. The number of hydrogen-bond donors (Lipinski definition) is 1. The Labute approximate surface area is 128 Å². The highest BCUT2D eigenvalue weighted by Gasteiger charge is 2.35. The largest absolute Gasteiger partial charge is 0.377 e. The maximum atomic E-state index is 6.04.